The first kappa shape index (κ1) is 12.8. The van der Waals surface area contributed by atoms with Gasteiger partial charge in [0.2, 0.25) is 5.91 Å². The van der Waals surface area contributed by atoms with Gasteiger partial charge in [-0.25, -0.2) is 4.68 Å². The number of hydrogen-bond donors (Lipinski definition) is 1. The van der Waals surface area contributed by atoms with Crippen LogP contribution in [-0.2, 0) is 29.4 Å². The van der Waals surface area contributed by atoms with Crippen LogP contribution in [0.3, 0.4) is 0 Å². The van der Waals surface area contributed by atoms with Crippen LogP contribution in [0.5, 0.6) is 0 Å². The number of methoxy groups -OCH3 is 1. The summed E-state index contributed by atoms with van der Waals surface area (Å²) >= 11 is 0. The molecule has 1 heterocycles. The lowest BCUT2D eigenvalue weighted by atomic mass is 9.92. The number of hydrogen-bond acceptors (Lipinski definition) is 4. The third-order valence-corrected chi connectivity index (χ3v) is 3.09. The van der Waals surface area contributed by atoms with Crippen LogP contribution in [0.1, 0.15) is 17.7 Å². The van der Waals surface area contributed by atoms with E-state index in [0.717, 1.165) is 24.1 Å². The molecule has 0 aromatic carbocycles. The molecule has 0 radical (unpaired) electrons. The highest BCUT2D eigenvalue weighted by molar-refractivity contribution is 5.77. The molecule has 1 amide bonds. The molecule has 0 fully saturated rings. The van der Waals surface area contributed by atoms with Crippen molar-refractivity contribution >= 4 is 5.91 Å². The minimum absolute atomic E-state index is 0.0639. The molecule has 0 spiro atoms. The zero-order valence-electron chi connectivity index (χ0n) is 10.6. The fourth-order valence-electron chi connectivity index (χ4n) is 2.21. The maximum atomic E-state index is 11.5. The molecule has 1 N–H and O–H groups in total. The Hall–Kier alpha value is -1.69. The number of nitrogens with one attached hydrogen (secondary N) is 1. The fourth-order valence-corrected chi connectivity index (χ4v) is 2.21. The van der Waals surface area contributed by atoms with Crippen molar-refractivity contribution < 1.29 is 9.53 Å². The van der Waals surface area contributed by atoms with Crippen LogP contribution in [0.25, 0.3) is 0 Å². The van der Waals surface area contributed by atoms with E-state index >= 15 is 0 Å². The van der Waals surface area contributed by atoms with Crippen molar-refractivity contribution in [3.05, 3.63) is 27.7 Å². The molecule has 1 aliphatic rings. The number of fused-ring (bicyclic) bond motifs is 1. The maximum absolute atomic E-state index is 11.5. The Bertz CT molecular complexity index is 510. The van der Waals surface area contributed by atoms with Gasteiger partial charge in [-0.3, -0.25) is 9.59 Å². The van der Waals surface area contributed by atoms with Gasteiger partial charge in [-0.05, 0) is 24.8 Å². The van der Waals surface area contributed by atoms with Gasteiger partial charge >= 0.3 is 0 Å². The van der Waals surface area contributed by atoms with E-state index in [4.69, 9.17) is 4.74 Å². The largest absolute Gasteiger partial charge is 0.375 e. The minimum atomic E-state index is -0.122. The Kier molecular flexibility index (Phi) is 3.76. The van der Waals surface area contributed by atoms with Gasteiger partial charge in [0.05, 0.1) is 5.69 Å². The van der Waals surface area contributed by atoms with Gasteiger partial charge in [0.15, 0.2) is 0 Å². The van der Waals surface area contributed by atoms with Crippen LogP contribution in [0.4, 0.5) is 0 Å². The van der Waals surface area contributed by atoms with Crippen LogP contribution in [0.2, 0.25) is 0 Å². The monoisotopic (exact) mass is 251 g/mol. The van der Waals surface area contributed by atoms with Crippen molar-refractivity contribution in [1.82, 2.24) is 15.1 Å². The number of carbonyl (C=O) groups is 1. The van der Waals surface area contributed by atoms with Crippen LogP contribution in [0.15, 0.2) is 10.9 Å². The summed E-state index contributed by atoms with van der Waals surface area (Å²) in [6.45, 7) is 0.0676. The molecule has 2 rings (SSSR count). The molecule has 0 aliphatic heterocycles. The lowest BCUT2D eigenvalue weighted by Crippen LogP contribution is -2.41. The molecular formula is C12H17N3O3. The number of nitrogens with zero attached hydrogens (tertiary/aromatic N) is 2. The molecule has 1 unspecified atom stereocenters. The molecule has 0 bridgehead atoms. The molecule has 18 heavy (non-hydrogen) atoms. The van der Waals surface area contributed by atoms with Crippen molar-refractivity contribution in [2.75, 3.05) is 13.7 Å². The standard InChI is InChI=1S/C12H17N3O3/c1-15-12(17)6-8-5-9(3-4-10(8)14-15)13-11(16)7-18-2/h6,9H,3-5,7H2,1-2H3,(H,13,16). The maximum Gasteiger partial charge on any atom is 0.266 e. The lowest BCUT2D eigenvalue weighted by Gasteiger charge is -2.24. The number of rotatable bonds is 3. The van der Waals surface area contributed by atoms with E-state index in [1.165, 1.54) is 11.8 Å². The van der Waals surface area contributed by atoms with Crippen molar-refractivity contribution in [2.45, 2.75) is 25.3 Å². The Labute approximate surface area is 105 Å². The minimum Gasteiger partial charge on any atom is -0.375 e. The van der Waals surface area contributed by atoms with E-state index in [-0.39, 0.29) is 24.1 Å². The summed E-state index contributed by atoms with van der Waals surface area (Å²) in [5.41, 5.74) is 1.78. The Morgan fingerprint density at radius 2 is 2.44 bits per heavy atom. The zero-order valence-corrected chi connectivity index (χ0v) is 10.6. The zero-order chi connectivity index (χ0) is 13.1. The first-order valence-corrected chi connectivity index (χ1v) is 5.94. The van der Waals surface area contributed by atoms with Gasteiger partial charge in [-0.1, -0.05) is 0 Å². The Balaban J connectivity index is 2.08. The van der Waals surface area contributed by atoms with E-state index in [9.17, 15) is 9.59 Å². The van der Waals surface area contributed by atoms with Crippen molar-refractivity contribution in [2.24, 2.45) is 7.05 Å². The third kappa shape index (κ3) is 2.76. The second-order valence-electron chi connectivity index (χ2n) is 4.52. The van der Waals surface area contributed by atoms with Crippen molar-refractivity contribution in [3.8, 4) is 0 Å². The van der Waals surface area contributed by atoms with Crippen LogP contribution >= 0.6 is 0 Å². The average Bonchev–Trinajstić information content (AvgIpc) is 2.31. The number of carbonyl (C=O) groups excluding carboxylic acids is 1. The number of ether oxygens (including phenoxy) is 1. The highest BCUT2D eigenvalue weighted by atomic mass is 16.5. The van der Waals surface area contributed by atoms with E-state index in [1.54, 1.807) is 13.1 Å². The number of amides is 1. The smallest absolute Gasteiger partial charge is 0.266 e. The van der Waals surface area contributed by atoms with Gasteiger partial charge in [0.1, 0.15) is 6.61 Å². The normalized spacial score (nSPS) is 18.2. The first-order chi connectivity index (χ1) is 8.60. The second-order valence-corrected chi connectivity index (χ2v) is 4.52. The second kappa shape index (κ2) is 5.30. The summed E-state index contributed by atoms with van der Waals surface area (Å²) in [5, 5.41) is 7.12. The molecule has 1 aromatic rings. The molecule has 6 heteroatoms. The molecule has 98 valence electrons. The number of aromatic nitrogens is 2. The van der Waals surface area contributed by atoms with Gasteiger partial charge in [-0.15, -0.1) is 0 Å². The third-order valence-electron chi connectivity index (χ3n) is 3.09. The number of aryl methyl sites for hydroxylation is 2. The van der Waals surface area contributed by atoms with E-state index in [2.05, 4.69) is 10.4 Å². The predicted molar refractivity (Wildman–Crippen MR) is 65.3 cm³/mol. The van der Waals surface area contributed by atoms with Gasteiger partial charge in [0.25, 0.3) is 5.56 Å². The van der Waals surface area contributed by atoms with Gasteiger partial charge < -0.3 is 10.1 Å². The summed E-state index contributed by atoms with van der Waals surface area (Å²) in [4.78, 5) is 22.9. The molecule has 6 nitrogen and oxygen atoms in total. The fraction of sp³-hybridized carbons (Fsp3) is 0.583. The first-order valence-electron chi connectivity index (χ1n) is 5.94. The summed E-state index contributed by atoms with van der Waals surface area (Å²) in [6, 6.07) is 1.67. The predicted octanol–water partition coefficient (Wildman–Crippen LogP) is -0.600. The quantitative estimate of drug-likeness (QED) is 0.778. The average molecular weight is 251 g/mol. The summed E-state index contributed by atoms with van der Waals surface area (Å²) in [5.74, 6) is -0.122. The molecule has 0 saturated heterocycles. The topological polar surface area (TPSA) is 73.2 Å². The lowest BCUT2D eigenvalue weighted by molar-refractivity contribution is -0.125. The Morgan fingerprint density at radius 3 is 3.17 bits per heavy atom. The van der Waals surface area contributed by atoms with E-state index in [1.807, 2.05) is 0 Å². The van der Waals surface area contributed by atoms with E-state index in [0.29, 0.717) is 6.42 Å². The highest BCUT2D eigenvalue weighted by Gasteiger charge is 2.21. The molecule has 1 aromatic heterocycles. The molecule has 1 atom stereocenters. The molecule has 0 saturated carbocycles. The van der Waals surface area contributed by atoms with Crippen molar-refractivity contribution in [3.63, 3.8) is 0 Å². The van der Waals surface area contributed by atoms with Gasteiger partial charge in [0, 0.05) is 26.3 Å². The van der Waals surface area contributed by atoms with Crippen molar-refractivity contribution in [1.29, 1.82) is 0 Å². The molecule has 1 aliphatic carbocycles. The highest BCUT2D eigenvalue weighted by Crippen LogP contribution is 2.17. The van der Waals surface area contributed by atoms with E-state index < -0.39 is 0 Å². The van der Waals surface area contributed by atoms with Gasteiger partial charge in [-0.2, -0.15) is 5.10 Å². The van der Waals surface area contributed by atoms with Crippen LogP contribution in [-0.4, -0.2) is 35.4 Å². The Morgan fingerprint density at radius 1 is 1.67 bits per heavy atom. The summed E-state index contributed by atoms with van der Waals surface area (Å²) < 4.78 is 6.12. The molecular weight excluding hydrogens is 234 g/mol. The SMILES string of the molecule is COCC(=O)NC1CCc2nn(C)c(=O)cc2C1. The summed E-state index contributed by atoms with van der Waals surface area (Å²) in [7, 11) is 3.14. The summed E-state index contributed by atoms with van der Waals surface area (Å²) in [6.07, 6.45) is 2.28. The van der Waals surface area contributed by atoms with Crippen LogP contribution in [0, 0.1) is 0 Å². The van der Waals surface area contributed by atoms with Crippen LogP contribution < -0.4 is 10.9 Å².